The van der Waals surface area contributed by atoms with Gasteiger partial charge in [-0.15, -0.1) is 0 Å². The van der Waals surface area contributed by atoms with Crippen LogP contribution in [0.4, 0.5) is 0 Å². The lowest BCUT2D eigenvalue weighted by atomic mass is 9.97. The summed E-state index contributed by atoms with van der Waals surface area (Å²) in [6.07, 6.45) is 15.8. The van der Waals surface area contributed by atoms with Crippen molar-refractivity contribution in [2.75, 3.05) is 19.8 Å². The van der Waals surface area contributed by atoms with E-state index in [0.717, 1.165) is 30.4 Å². The van der Waals surface area contributed by atoms with Crippen LogP contribution < -0.4 is 16.3 Å². The van der Waals surface area contributed by atoms with Gasteiger partial charge in [-0.1, -0.05) is 107 Å². The molecule has 2 aromatic rings. The summed E-state index contributed by atoms with van der Waals surface area (Å²) in [7, 11) is 1.26. The van der Waals surface area contributed by atoms with Gasteiger partial charge in [-0.25, -0.2) is 0 Å². The van der Waals surface area contributed by atoms with E-state index >= 15 is 0 Å². The number of nitrogens with two attached hydrogens (primary N) is 1. The SMILES string of the molecule is CN1CCC(P(C2CCCCC2)C2CCCCC2)C1(CP(c1ccccc1)c1ccccc1)C(N)=O. The predicted octanol–water partition coefficient (Wildman–Crippen LogP) is 6.19. The molecular formula is C31H44N2OP2. The fourth-order valence-electron chi connectivity index (χ4n) is 7.41. The molecule has 3 nitrogen and oxygen atoms in total. The average molecular weight is 523 g/mol. The summed E-state index contributed by atoms with van der Waals surface area (Å²) in [5, 5.41) is 2.72. The van der Waals surface area contributed by atoms with E-state index in [1.165, 1.54) is 74.8 Å². The highest BCUT2D eigenvalue weighted by atomic mass is 31.1. The first-order valence-electron chi connectivity index (χ1n) is 14.3. The molecule has 2 aliphatic carbocycles. The molecule has 0 bridgehead atoms. The average Bonchev–Trinajstić information content (AvgIpc) is 3.26. The third-order valence-corrected chi connectivity index (χ3v) is 16.1. The van der Waals surface area contributed by atoms with Crippen molar-refractivity contribution in [2.24, 2.45) is 5.73 Å². The first-order valence-corrected chi connectivity index (χ1v) is 17.3. The first kappa shape index (κ1) is 26.3. The van der Waals surface area contributed by atoms with Crippen LogP contribution in [0.3, 0.4) is 0 Å². The molecule has 1 saturated heterocycles. The van der Waals surface area contributed by atoms with E-state index in [2.05, 4.69) is 72.6 Å². The van der Waals surface area contributed by atoms with Gasteiger partial charge in [-0.2, -0.15) is 0 Å². The van der Waals surface area contributed by atoms with Gasteiger partial charge in [-0.3, -0.25) is 9.69 Å². The summed E-state index contributed by atoms with van der Waals surface area (Å²) < 4.78 is 0. The molecule has 0 aromatic heterocycles. The minimum absolute atomic E-state index is 0.0639. The van der Waals surface area contributed by atoms with Crippen LogP contribution in [-0.4, -0.2) is 53.1 Å². The number of likely N-dealkylation sites (N-methyl/N-ethyl adjacent to an activating group) is 1. The summed E-state index contributed by atoms with van der Waals surface area (Å²) in [5.41, 5.74) is 8.09. The van der Waals surface area contributed by atoms with Crippen molar-refractivity contribution in [1.29, 1.82) is 0 Å². The molecule has 2 saturated carbocycles. The number of carbonyl (C=O) groups excluding carboxylic acids is 1. The summed E-state index contributed by atoms with van der Waals surface area (Å²) in [6.45, 7) is 0.999. The van der Waals surface area contributed by atoms with Crippen molar-refractivity contribution < 1.29 is 4.79 Å². The quantitative estimate of drug-likeness (QED) is 0.420. The third kappa shape index (κ3) is 5.32. The zero-order valence-corrected chi connectivity index (χ0v) is 23.8. The van der Waals surface area contributed by atoms with Crippen LogP contribution in [0.15, 0.2) is 60.7 Å². The maximum Gasteiger partial charge on any atom is 0.238 e. The fourth-order valence-corrected chi connectivity index (χ4v) is 15.2. The van der Waals surface area contributed by atoms with Gasteiger partial charge in [-0.05, 0) is 75.5 Å². The Morgan fingerprint density at radius 2 is 1.28 bits per heavy atom. The largest absolute Gasteiger partial charge is 0.368 e. The van der Waals surface area contributed by atoms with E-state index in [1.807, 2.05) is 0 Å². The lowest BCUT2D eigenvalue weighted by Gasteiger charge is -2.49. The van der Waals surface area contributed by atoms with Gasteiger partial charge in [0.25, 0.3) is 0 Å². The molecule has 3 aliphatic rings. The third-order valence-electron chi connectivity index (χ3n) is 9.28. The van der Waals surface area contributed by atoms with Gasteiger partial charge in [0.2, 0.25) is 5.91 Å². The monoisotopic (exact) mass is 522 g/mol. The van der Waals surface area contributed by atoms with Gasteiger partial charge in [0.05, 0.1) is 0 Å². The second-order valence-corrected chi connectivity index (χ2v) is 16.5. The highest BCUT2D eigenvalue weighted by Crippen LogP contribution is 2.65. The van der Waals surface area contributed by atoms with Crippen LogP contribution in [0.5, 0.6) is 0 Å². The number of hydrogen-bond acceptors (Lipinski definition) is 2. The summed E-state index contributed by atoms with van der Waals surface area (Å²) in [4.78, 5) is 16.2. The lowest BCUT2D eigenvalue weighted by Crippen LogP contribution is -2.61. The normalized spacial score (nSPS) is 26.6. The highest BCUT2D eigenvalue weighted by molar-refractivity contribution is 7.73. The van der Waals surface area contributed by atoms with E-state index < -0.39 is 13.5 Å². The van der Waals surface area contributed by atoms with Crippen molar-refractivity contribution in [1.82, 2.24) is 4.90 Å². The molecular weight excluding hydrogens is 478 g/mol. The van der Waals surface area contributed by atoms with Crippen LogP contribution in [0.2, 0.25) is 0 Å². The highest BCUT2D eigenvalue weighted by Gasteiger charge is 2.57. The lowest BCUT2D eigenvalue weighted by molar-refractivity contribution is -0.126. The van der Waals surface area contributed by atoms with Crippen LogP contribution in [0, 0.1) is 0 Å². The Morgan fingerprint density at radius 1 is 0.806 bits per heavy atom. The predicted molar refractivity (Wildman–Crippen MR) is 158 cm³/mol. The molecule has 2 atom stereocenters. The van der Waals surface area contributed by atoms with E-state index in [1.54, 1.807) is 0 Å². The molecule has 2 N–H and O–H groups in total. The smallest absolute Gasteiger partial charge is 0.238 e. The minimum atomic E-state index is -0.688. The van der Waals surface area contributed by atoms with Gasteiger partial charge in [0.1, 0.15) is 5.54 Å². The fraction of sp³-hybridized carbons (Fsp3) is 0.581. The standard InChI is InChI=1S/C31H44N2OP2/c1-33-23-22-29(36(27-18-10-4-11-19-27)28-20-12-5-13-21-28)31(33,30(32)34)24-35(25-14-6-2-7-15-25)26-16-8-3-9-17-26/h2-3,6-9,14-17,27-29H,4-5,10-13,18-24H2,1H3,(H2,32,34). The maximum absolute atomic E-state index is 13.8. The minimum Gasteiger partial charge on any atom is -0.368 e. The van der Waals surface area contributed by atoms with Crippen molar-refractivity contribution in [3.63, 3.8) is 0 Å². The van der Waals surface area contributed by atoms with E-state index in [0.29, 0.717) is 5.66 Å². The van der Waals surface area contributed by atoms with Gasteiger partial charge in [0.15, 0.2) is 0 Å². The zero-order valence-electron chi connectivity index (χ0n) is 22.0. The molecule has 5 rings (SSSR count). The summed E-state index contributed by atoms with van der Waals surface area (Å²) in [6, 6.07) is 21.9. The number of rotatable bonds is 8. The second kappa shape index (κ2) is 12.1. The Bertz CT molecular complexity index is 917. The Kier molecular flexibility index (Phi) is 8.83. The number of likely N-dealkylation sites (tertiary alicyclic amines) is 1. The molecule has 1 heterocycles. The summed E-state index contributed by atoms with van der Waals surface area (Å²) in [5.74, 6) is -0.0639. The van der Waals surface area contributed by atoms with Crippen LogP contribution >= 0.6 is 15.8 Å². The second-order valence-electron chi connectivity index (χ2n) is 11.3. The van der Waals surface area contributed by atoms with E-state index in [4.69, 9.17) is 5.73 Å². The van der Waals surface area contributed by atoms with Crippen molar-refractivity contribution >= 4 is 32.4 Å². The van der Waals surface area contributed by atoms with Gasteiger partial charge in [0, 0.05) is 11.8 Å². The molecule has 5 heteroatoms. The molecule has 1 amide bonds. The molecule has 36 heavy (non-hydrogen) atoms. The Balaban J connectivity index is 1.57. The molecule has 1 aliphatic heterocycles. The molecule has 0 spiro atoms. The number of carbonyl (C=O) groups is 1. The molecule has 194 valence electrons. The Hall–Kier alpha value is -1.27. The van der Waals surface area contributed by atoms with E-state index in [9.17, 15) is 4.79 Å². The Morgan fingerprint density at radius 3 is 1.72 bits per heavy atom. The molecule has 2 aromatic carbocycles. The molecule has 3 fully saturated rings. The number of amides is 1. The topological polar surface area (TPSA) is 46.3 Å². The van der Waals surface area contributed by atoms with Crippen LogP contribution in [0.25, 0.3) is 0 Å². The van der Waals surface area contributed by atoms with Gasteiger partial charge < -0.3 is 5.73 Å². The maximum atomic E-state index is 13.8. The summed E-state index contributed by atoms with van der Waals surface area (Å²) >= 11 is 0. The first-order chi connectivity index (χ1) is 17.6. The molecule has 2 unspecified atom stereocenters. The van der Waals surface area contributed by atoms with Crippen molar-refractivity contribution in [2.45, 2.75) is 93.1 Å². The number of hydrogen-bond donors (Lipinski definition) is 1. The van der Waals surface area contributed by atoms with Crippen LogP contribution in [0.1, 0.15) is 70.6 Å². The van der Waals surface area contributed by atoms with Crippen molar-refractivity contribution in [3.8, 4) is 0 Å². The Labute approximate surface area is 221 Å². The van der Waals surface area contributed by atoms with Gasteiger partial charge >= 0.3 is 0 Å². The van der Waals surface area contributed by atoms with Crippen molar-refractivity contribution in [3.05, 3.63) is 60.7 Å². The van der Waals surface area contributed by atoms with E-state index in [-0.39, 0.29) is 13.8 Å². The van der Waals surface area contributed by atoms with Crippen LogP contribution in [-0.2, 0) is 4.79 Å². The number of nitrogens with zero attached hydrogens (tertiary/aromatic N) is 1. The molecule has 0 radical (unpaired) electrons. The number of benzene rings is 2. The zero-order chi connectivity index (χ0) is 25.0. The number of primary amides is 1.